The fraction of sp³-hybridized carbons (Fsp3) is 0.600. The zero-order valence-corrected chi connectivity index (χ0v) is 12.6. The van der Waals surface area contributed by atoms with Gasteiger partial charge in [-0.25, -0.2) is 0 Å². The second-order valence-electron chi connectivity index (χ2n) is 5.08. The first kappa shape index (κ1) is 17.7. The molecule has 0 fully saturated rings. The Balaban J connectivity index is 0.000000240. The van der Waals surface area contributed by atoms with E-state index < -0.39 is 6.10 Å². The average molecular weight is 299 g/mol. The molecule has 0 aliphatic heterocycles. The highest BCUT2D eigenvalue weighted by molar-refractivity contribution is 5.50. The standard InChI is InChI=1S/C10H12O3.C5H13NO2/c11-8-3-1-2-7-6(8)4-5-9(12)10(7)13;1-7-3-5(6)4-8-2/h4-5,8,11-13H,1-3H2;5H,3-4,6H2,1-2H3. The Morgan fingerprint density at radius 1 is 1.24 bits per heavy atom. The predicted octanol–water partition coefficient (Wildman–Crippen LogP) is 1.07. The van der Waals surface area contributed by atoms with Gasteiger partial charge in [-0.05, 0) is 30.9 Å². The molecule has 1 aromatic rings. The number of methoxy groups -OCH3 is 2. The first-order chi connectivity index (χ1) is 10.0. The lowest BCUT2D eigenvalue weighted by Gasteiger charge is -2.22. The van der Waals surface area contributed by atoms with Crippen LogP contribution < -0.4 is 5.73 Å². The molecular weight excluding hydrogens is 274 g/mol. The molecule has 0 radical (unpaired) electrons. The topological polar surface area (TPSA) is 105 Å². The maximum absolute atomic E-state index is 9.58. The largest absolute Gasteiger partial charge is 0.504 e. The third kappa shape index (κ3) is 5.17. The Bertz CT molecular complexity index is 432. The molecular formula is C15H25NO5. The van der Waals surface area contributed by atoms with Crippen molar-refractivity contribution in [2.75, 3.05) is 27.4 Å². The van der Waals surface area contributed by atoms with Crippen molar-refractivity contribution >= 4 is 0 Å². The first-order valence-electron chi connectivity index (χ1n) is 6.96. The fourth-order valence-electron chi connectivity index (χ4n) is 2.32. The van der Waals surface area contributed by atoms with Crippen LogP contribution in [0.5, 0.6) is 11.5 Å². The molecule has 1 aliphatic rings. The highest BCUT2D eigenvalue weighted by atomic mass is 16.5. The molecule has 0 spiro atoms. The molecule has 0 amide bonds. The summed E-state index contributed by atoms with van der Waals surface area (Å²) < 4.78 is 9.50. The van der Waals surface area contributed by atoms with E-state index in [-0.39, 0.29) is 17.5 Å². The molecule has 1 aliphatic carbocycles. The SMILES string of the molecule is COCC(N)COC.Oc1ccc2c(c1O)CCCC2O. The van der Waals surface area contributed by atoms with Crippen molar-refractivity contribution in [2.45, 2.75) is 31.4 Å². The molecule has 2 rings (SSSR count). The van der Waals surface area contributed by atoms with Crippen molar-refractivity contribution in [3.63, 3.8) is 0 Å². The number of hydrogen-bond donors (Lipinski definition) is 4. The van der Waals surface area contributed by atoms with E-state index in [1.165, 1.54) is 6.07 Å². The van der Waals surface area contributed by atoms with E-state index in [2.05, 4.69) is 0 Å². The van der Waals surface area contributed by atoms with Crippen LogP contribution >= 0.6 is 0 Å². The summed E-state index contributed by atoms with van der Waals surface area (Å²) in [4.78, 5) is 0. The number of ether oxygens (including phenoxy) is 2. The molecule has 6 heteroatoms. The summed E-state index contributed by atoms with van der Waals surface area (Å²) in [7, 11) is 3.24. The monoisotopic (exact) mass is 299 g/mol. The van der Waals surface area contributed by atoms with Gasteiger partial charge >= 0.3 is 0 Å². The van der Waals surface area contributed by atoms with Gasteiger partial charge in [0.15, 0.2) is 11.5 Å². The Hall–Kier alpha value is -1.34. The van der Waals surface area contributed by atoms with Crippen LogP contribution in [-0.4, -0.2) is 48.8 Å². The third-order valence-electron chi connectivity index (χ3n) is 3.32. The number of aromatic hydroxyl groups is 2. The normalized spacial score (nSPS) is 17.1. The minimum absolute atomic E-state index is 0.0185. The summed E-state index contributed by atoms with van der Waals surface area (Å²) in [6.45, 7) is 1.13. The summed E-state index contributed by atoms with van der Waals surface area (Å²) in [6, 6.07) is 3.11. The molecule has 0 aromatic heterocycles. The van der Waals surface area contributed by atoms with Crippen molar-refractivity contribution in [2.24, 2.45) is 5.73 Å². The van der Waals surface area contributed by atoms with Gasteiger partial charge in [-0.2, -0.15) is 0 Å². The van der Waals surface area contributed by atoms with Crippen LogP contribution in [0.25, 0.3) is 0 Å². The lowest BCUT2D eigenvalue weighted by Crippen LogP contribution is -2.30. The van der Waals surface area contributed by atoms with Gasteiger partial charge in [0.05, 0.1) is 25.4 Å². The predicted molar refractivity (Wildman–Crippen MR) is 79.4 cm³/mol. The third-order valence-corrected chi connectivity index (χ3v) is 3.32. The summed E-state index contributed by atoms with van der Waals surface area (Å²) >= 11 is 0. The average Bonchev–Trinajstić information content (AvgIpc) is 2.45. The minimum Gasteiger partial charge on any atom is -0.504 e. The summed E-state index contributed by atoms with van der Waals surface area (Å²) in [5, 5.41) is 28.3. The van der Waals surface area contributed by atoms with E-state index in [1.807, 2.05) is 0 Å². The van der Waals surface area contributed by atoms with Gasteiger partial charge in [-0.3, -0.25) is 0 Å². The fourth-order valence-corrected chi connectivity index (χ4v) is 2.32. The number of benzene rings is 1. The van der Waals surface area contributed by atoms with Crippen molar-refractivity contribution in [3.05, 3.63) is 23.3 Å². The van der Waals surface area contributed by atoms with Crippen LogP contribution in [0.2, 0.25) is 0 Å². The number of rotatable bonds is 4. The van der Waals surface area contributed by atoms with Crippen LogP contribution in [-0.2, 0) is 15.9 Å². The highest BCUT2D eigenvalue weighted by Crippen LogP contribution is 2.39. The number of aliphatic hydroxyl groups excluding tert-OH is 1. The van der Waals surface area contributed by atoms with Gasteiger partial charge in [0, 0.05) is 19.8 Å². The number of phenolic OH excluding ortho intramolecular Hbond substituents is 2. The quantitative estimate of drug-likeness (QED) is 0.620. The van der Waals surface area contributed by atoms with Crippen molar-refractivity contribution in [1.29, 1.82) is 0 Å². The second kappa shape index (κ2) is 8.84. The van der Waals surface area contributed by atoms with Crippen molar-refractivity contribution in [3.8, 4) is 11.5 Å². The van der Waals surface area contributed by atoms with Crippen molar-refractivity contribution < 1.29 is 24.8 Å². The van der Waals surface area contributed by atoms with Crippen LogP contribution in [0.3, 0.4) is 0 Å². The molecule has 0 heterocycles. The van der Waals surface area contributed by atoms with Gasteiger partial charge in [0.1, 0.15) is 0 Å². The van der Waals surface area contributed by atoms with Crippen LogP contribution in [0.15, 0.2) is 12.1 Å². The van der Waals surface area contributed by atoms with Gasteiger partial charge in [-0.1, -0.05) is 6.07 Å². The van der Waals surface area contributed by atoms with Crippen LogP contribution in [0.4, 0.5) is 0 Å². The molecule has 0 bridgehead atoms. The first-order valence-corrected chi connectivity index (χ1v) is 6.96. The molecule has 6 nitrogen and oxygen atoms in total. The molecule has 1 unspecified atom stereocenters. The van der Waals surface area contributed by atoms with Crippen LogP contribution in [0.1, 0.15) is 30.1 Å². The van der Waals surface area contributed by atoms with E-state index in [1.54, 1.807) is 20.3 Å². The Kier molecular flexibility index (Phi) is 7.45. The van der Waals surface area contributed by atoms with E-state index in [0.29, 0.717) is 18.8 Å². The molecule has 120 valence electrons. The smallest absolute Gasteiger partial charge is 0.161 e. The van der Waals surface area contributed by atoms with E-state index in [4.69, 9.17) is 15.2 Å². The van der Waals surface area contributed by atoms with Gasteiger partial charge in [-0.15, -0.1) is 0 Å². The van der Waals surface area contributed by atoms with Gasteiger partial charge in [0.25, 0.3) is 0 Å². The lowest BCUT2D eigenvalue weighted by atomic mass is 9.88. The summed E-state index contributed by atoms with van der Waals surface area (Å²) in [6.07, 6.45) is 1.82. The van der Waals surface area contributed by atoms with E-state index in [0.717, 1.165) is 24.8 Å². The van der Waals surface area contributed by atoms with Crippen LogP contribution in [0, 0.1) is 0 Å². The molecule has 21 heavy (non-hydrogen) atoms. The number of fused-ring (bicyclic) bond motifs is 1. The number of phenols is 2. The summed E-state index contributed by atoms with van der Waals surface area (Å²) in [5.74, 6) is -0.177. The molecule has 0 saturated carbocycles. The van der Waals surface area contributed by atoms with Crippen molar-refractivity contribution in [1.82, 2.24) is 0 Å². The van der Waals surface area contributed by atoms with Gasteiger partial charge < -0.3 is 30.5 Å². The number of aliphatic hydroxyl groups is 1. The van der Waals surface area contributed by atoms with E-state index >= 15 is 0 Å². The molecule has 0 saturated heterocycles. The molecule has 1 atom stereocenters. The second-order valence-corrected chi connectivity index (χ2v) is 5.08. The molecule has 5 N–H and O–H groups in total. The maximum atomic E-state index is 9.58. The maximum Gasteiger partial charge on any atom is 0.161 e. The number of nitrogens with two attached hydrogens (primary N) is 1. The zero-order chi connectivity index (χ0) is 15.8. The van der Waals surface area contributed by atoms with E-state index in [9.17, 15) is 15.3 Å². The summed E-state index contributed by atoms with van der Waals surface area (Å²) in [5.41, 5.74) is 6.89. The minimum atomic E-state index is -0.491. The lowest BCUT2D eigenvalue weighted by molar-refractivity contribution is 0.119. The highest BCUT2D eigenvalue weighted by Gasteiger charge is 2.21. The zero-order valence-electron chi connectivity index (χ0n) is 12.6. The van der Waals surface area contributed by atoms with Gasteiger partial charge in [0.2, 0.25) is 0 Å². The molecule has 1 aromatic carbocycles. The Morgan fingerprint density at radius 2 is 1.86 bits per heavy atom. The Morgan fingerprint density at radius 3 is 2.43 bits per heavy atom. The Labute approximate surface area is 125 Å². The number of hydrogen-bond acceptors (Lipinski definition) is 6.